The van der Waals surface area contributed by atoms with Gasteiger partial charge < -0.3 is 15.8 Å². The first-order valence-electron chi connectivity index (χ1n) is 11.2. The molecule has 0 radical (unpaired) electrons. The second-order valence-electron chi connectivity index (χ2n) is 8.94. The normalized spacial score (nSPS) is 11.1. The number of pyridine rings is 2. The van der Waals surface area contributed by atoms with Gasteiger partial charge in [0, 0.05) is 34.6 Å². The van der Waals surface area contributed by atoms with Crippen LogP contribution in [0.25, 0.3) is 11.3 Å². The molecule has 0 saturated carbocycles. The van der Waals surface area contributed by atoms with Crippen molar-refractivity contribution in [2.75, 3.05) is 5.32 Å². The summed E-state index contributed by atoms with van der Waals surface area (Å²) >= 11 is 0. The van der Waals surface area contributed by atoms with E-state index in [1.807, 2.05) is 93.6 Å². The molecular formula is C28H29N5O. The Morgan fingerprint density at radius 2 is 1.79 bits per heavy atom. The fraction of sp³-hybridized carbons (Fsp3) is 0.179. The van der Waals surface area contributed by atoms with E-state index in [0.717, 1.165) is 28.2 Å². The summed E-state index contributed by atoms with van der Waals surface area (Å²) in [6.45, 7) is 5.92. The van der Waals surface area contributed by atoms with Crippen LogP contribution in [0.15, 0.2) is 85.1 Å². The summed E-state index contributed by atoms with van der Waals surface area (Å²) in [5.41, 5.74) is 10.1. The number of ether oxygens (including phenoxy) is 1. The molecular weight excluding hydrogens is 422 g/mol. The molecule has 172 valence electrons. The number of rotatable bonds is 8. The zero-order chi connectivity index (χ0) is 24.1. The van der Waals surface area contributed by atoms with E-state index in [0.29, 0.717) is 23.7 Å². The first kappa shape index (κ1) is 23.0. The molecule has 0 fully saturated rings. The van der Waals surface area contributed by atoms with Gasteiger partial charge in [-0.1, -0.05) is 56.3 Å². The maximum atomic E-state index is 7.81. The van der Waals surface area contributed by atoms with E-state index in [1.165, 1.54) is 0 Å². The molecule has 4 N–H and O–H groups in total. The molecule has 4 aromatic rings. The first-order valence-corrected chi connectivity index (χ1v) is 11.2. The van der Waals surface area contributed by atoms with Crippen LogP contribution < -0.4 is 15.8 Å². The number of nitrogens with zero attached hydrogens (tertiary/aromatic N) is 2. The molecule has 6 nitrogen and oxygen atoms in total. The van der Waals surface area contributed by atoms with Crippen LogP contribution in [0.1, 0.15) is 25.1 Å². The van der Waals surface area contributed by atoms with E-state index in [9.17, 15) is 0 Å². The number of anilines is 2. The summed E-state index contributed by atoms with van der Waals surface area (Å²) in [4.78, 5) is 9.14. The maximum Gasteiger partial charge on any atom is 0.153 e. The zero-order valence-corrected chi connectivity index (χ0v) is 19.7. The fourth-order valence-corrected chi connectivity index (χ4v) is 3.61. The predicted molar refractivity (Wildman–Crippen MR) is 138 cm³/mol. The average Bonchev–Trinajstić information content (AvgIpc) is 2.81. The Labute approximate surface area is 200 Å². The highest BCUT2D eigenvalue weighted by atomic mass is 16.5. The number of aromatic nitrogens is 2. The van der Waals surface area contributed by atoms with Crippen LogP contribution in [-0.4, -0.2) is 15.8 Å². The van der Waals surface area contributed by atoms with Crippen molar-refractivity contribution in [2.24, 2.45) is 11.1 Å². The number of nitrogens with two attached hydrogens (primary N) is 1. The summed E-state index contributed by atoms with van der Waals surface area (Å²) in [7, 11) is 0. The van der Waals surface area contributed by atoms with E-state index >= 15 is 0 Å². The summed E-state index contributed by atoms with van der Waals surface area (Å²) in [5, 5.41) is 11.2. The van der Waals surface area contributed by atoms with Gasteiger partial charge in [-0.3, -0.25) is 5.41 Å². The lowest BCUT2D eigenvalue weighted by atomic mass is 9.84. The Morgan fingerprint density at radius 1 is 1.00 bits per heavy atom. The smallest absolute Gasteiger partial charge is 0.153 e. The number of nitrogens with one attached hydrogen (secondary N) is 2. The second kappa shape index (κ2) is 9.75. The third-order valence-electron chi connectivity index (χ3n) is 5.58. The molecule has 2 aromatic heterocycles. The Morgan fingerprint density at radius 3 is 2.56 bits per heavy atom. The molecule has 0 aliphatic heterocycles. The van der Waals surface area contributed by atoms with Gasteiger partial charge in [0.15, 0.2) is 5.75 Å². The van der Waals surface area contributed by atoms with E-state index in [1.54, 1.807) is 6.20 Å². The molecule has 2 heterocycles. The quantitative estimate of drug-likeness (QED) is 0.210. The molecule has 0 bridgehead atoms. The minimum Gasteiger partial charge on any atom is -0.455 e. The van der Waals surface area contributed by atoms with Crippen molar-refractivity contribution in [1.29, 1.82) is 5.41 Å². The van der Waals surface area contributed by atoms with E-state index < -0.39 is 5.41 Å². The van der Waals surface area contributed by atoms with Crippen LogP contribution in [0.4, 0.5) is 11.5 Å². The highest BCUT2D eigenvalue weighted by Gasteiger charge is 2.22. The van der Waals surface area contributed by atoms with Gasteiger partial charge in [0.05, 0.1) is 5.84 Å². The molecule has 4 rings (SSSR count). The number of amidine groups is 1. The molecule has 0 amide bonds. The molecule has 0 unspecified atom stereocenters. The number of aryl methyl sites for hydroxylation is 1. The molecule has 0 atom stereocenters. The third-order valence-corrected chi connectivity index (χ3v) is 5.58. The molecule has 0 saturated heterocycles. The SMILES string of the molecule is Cc1ccc(Oc2ccnc(Nc3cccc(CC(C)(C)C(=N)N)c3)c2)c(-c2ccccc2)n1. The molecule has 0 aliphatic rings. The number of benzene rings is 2. The molecule has 6 heteroatoms. The van der Waals surface area contributed by atoms with E-state index in [2.05, 4.69) is 16.4 Å². The molecule has 0 spiro atoms. The van der Waals surface area contributed by atoms with Gasteiger partial charge in [0.25, 0.3) is 0 Å². The number of hydrogen-bond donors (Lipinski definition) is 3. The largest absolute Gasteiger partial charge is 0.455 e. The van der Waals surface area contributed by atoms with Crippen molar-refractivity contribution in [1.82, 2.24) is 9.97 Å². The van der Waals surface area contributed by atoms with Crippen molar-refractivity contribution in [2.45, 2.75) is 27.2 Å². The monoisotopic (exact) mass is 451 g/mol. The van der Waals surface area contributed by atoms with Crippen LogP contribution >= 0.6 is 0 Å². The zero-order valence-electron chi connectivity index (χ0n) is 19.7. The van der Waals surface area contributed by atoms with Gasteiger partial charge in [-0.2, -0.15) is 0 Å². The maximum absolute atomic E-state index is 7.81. The Kier molecular flexibility index (Phi) is 6.59. The van der Waals surface area contributed by atoms with Gasteiger partial charge in [0.1, 0.15) is 17.3 Å². The minimum absolute atomic E-state index is 0.179. The van der Waals surface area contributed by atoms with Crippen molar-refractivity contribution < 1.29 is 4.74 Å². The fourth-order valence-electron chi connectivity index (χ4n) is 3.61. The standard InChI is InChI=1S/C28H29N5O/c1-19-12-13-24(26(32-19)21-9-5-4-6-10-21)34-23-14-15-31-25(17-23)33-22-11-7-8-20(16-22)18-28(2,3)27(29)30/h4-17H,18H2,1-3H3,(H3,29,30)(H,31,33). The topological polar surface area (TPSA) is 96.9 Å². The van der Waals surface area contributed by atoms with Crippen molar-refractivity contribution in [3.8, 4) is 22.8 Å². The van der Waals surface area contributed by atoms with Crippen LogP contribution in [0, 0.1) is 17.7 Å². The second-order valence-corrected chi connectivity index (χ2v) is 8.94. The molecule has 2 aromatic carbocycles. The first-order chi connectivity index (χ1) is 16.3. The van der Waals surface area contributed by atoms with Crippen molar-refractivity contribution >= 4 is 17.3 Å². The van der Waals surface area contributed by atoms with Gasteiger partial charge in [-0.25, -0.2) is 9.97 Å². The molecule has 34 heavy (non-hydrogen) atoms. The van der Waals surface area contributed by atoms with Gasteiger partial charge in [-0.15, -0.1) is 0 Å². The van der Waals surface area contributed by atoms with E-state index in [4.69, 9.17) is 20.9 Å². The van der Waals surface area contributed by atoms with Crippen LogP contribution in [0.5, 0.6) is 11.5 Å². The van der Waals surface area contributed by atoms with Gasteiger partial charge >= 0.3 is 0 Å². The van der Waals surface area contributed by atoms with Crippen LogP contribution in [0.3, 0.4) is 0 Å². The van der Waals surface area contributed by atoms with Crippen molar-refractivity contribution in [3.05, 3.63) is 96.3 Å². The third kappa shape index (κ3) is 5.59. The highest BCUT2D eigenvalue weighted by Crippen LogP contribution is 2.33. The Hall–Kier alpha value is -4.19. The lowest BCUT2D eigenvalue weighted by Crippen LogP contribution is -2.32. The predicted octanol–water partition coefficient (Wildman–Crippen LogP) is 6.49. The van der Waals surface area contributed by atoms with Crippen LogP contribution in [0.2, 0.25) is 0 Å². The van der Waals surface area contributed by atoms with Gasteiger partial charge in [-0.05, 0) is 49.2 Å². The highest BCUT2D eigenvalue weighted by molar-refractivity contribution is 5.83. The van der Waals surface area contributed by atoms with Crippen LogP contribution in [-0.2, 0) is 6.42 Å². The lowest BCUT2D eigenvalue weighted by molar-refractivity contribution is 0.482. The Bertz CT molecular complexity index is 1300. The summed E-state index contributed by atoms with van der Waals surface area (Å²) < 4.78 is 6.23. The summed E-state index contributed by atoms with van der Waals surface area (Å²) in [6.07, 6.45) is 2.39. The van der Waals surface area contributed by atoms with Gasteiger partial charge in [0.2, 0.25) is 0 Å². The van der Waals surface area contributed by atoms with E-state index in [-0.39, 0.29) is 5.84 Å². The lowest BCUT2D eigenvalue weighted by Gasteiger charge is -2.23. The summed E-state index contributed by atoms with van der Waals surface area (Å²) in [5.74, 6) is 2.19. The van der Waals surface area contributed by atoms with Crippen molar-refractivity contribution in [3.63, 3.8) is 0 Å². The Balaban J connectivity index is 1.54. The summed E-state index contributed by atoms with van der Waals surface area (Å²) in [6, 6.07) is 25.6. The molecule has 0 aliphatic carbocycles. The number of hydrogen-bond acceptors (Lipinski definition) is 5. The average molecular weight is 452 g/mol. The minimum atomic E-state index is -0.400.